The molecular formula is C16H12Cl2N2O. The molecule has 0 bridgehead atoms. The second-order valence-electron chi connectivity index (χ2n) is 4.81. The lowest BCUT2D eigenvalue weighted by molar-refractivity contribution is 0.112. The fourth-order valence-corrected chi connectivity index (χ4v) is 2.87. The van der Waals surface area contributed by atoms with Gasteiger partial charge in [-0.1, -0.05) is 35.3 Å². The van der Waals surface area contributed by atoms with Crippen LogP contribution < -0.4 is 0 Å². The Morgan fingerprint density at radius 2 is 2.05 bits per heavy atom. The van der Waals surface area contributed by atoms with E-state index in [4.69, 9.17) is 23.2 Å². The third kappa shape index (κ3) is 2.55. The highest BCUT2D eigenvalue weighted by atomic mass is 35.5. The monoisotopic (exact) mass is 318 g/mol. The van der Waals surface area contributed by atoms with Crippen molar-refractivity contribution < 1.29 is 4.79 Å². The predicted molar refractivity (Wildman–Crippen MR) is 85.4 cm³/mol. The van der Waals surface area contributed by atoms with Gasteiger partial charge in [0.05, 0.1) is 17.6 Å². The summed E-state index contributed by atoms with van der Waals surface area (Å²) in [5, 5.41) is 1.23. The molecule has 3 nitrogen and oxygen atoms in total. The van der Waals surface area contributed by atoms with Gasteiger partial charge in [0.25, 0.3) is 0 Å². The smallest absolute Gasteiger partial charge is 0.152 e. The number of imidazole rings is 1. The summed E-state index contributed by atoms with van der Waals surface area (Å²) in [6.45, 7) is 2.50. The number of hydrogen-bond acceptors (Lipinski definition) is 2. The number of carbonyl (C=O) groups excluding carboxylic acids is 1. The van der Waals surface area contributed by atoms with Crippen LogP contribution in [0.15, 0.2) is 36.4 Å². The van der Waals surface area contributed by atoms with Crippen LogP contribution in [-0.4, -0.2) is 15.8 Å². The molecule has 2 aromatic carbocycles. The number of halogens is 2. The van der Waals surface area contributed by atoms with Crippen LogP contribution in [0.2, 0.25) is 10.0 Å². The molecule has 0 aliphatic heterocycles. The minimum atomic E-state index is 0.584. The summed E-state index contributed by atoms with van der Waals surface area (Å²) in [5.74, 6) is 0.838. The van der Waals surface area contributed by atoms with Gasteiger partial charge in [0.1, 0.15) is 5.82 Å². The first-order chi connectivity index (χ1) is 10.1. The highest BCUT2D eigenvalue weighted by molar-refractivity contribution is 6.35. The molecular weight excluding hydrogens is 307 g/mol. The average Bonchev–Trinajstić information content (AvgIpc) is 2.78. The molecule has 3 rings (SSSR count). The van der Waals surface area contributed by atoms with Crippen molar-refractivity contribution in [3.63, 3.8) is 0 Å². The summed E-state index contributed by atoms with van der Waals surface area (Å²) in [7, 11) is 0. The molecule has 1 heterocycles. The summed E-state index contributed by atoms with van der Waals surface area (Å²) in [4.78, 5) is 15.6. The predicted octanol–water partition coefficient (Wildman–Crippen LogP) is 4.51. The van der Waals surface area contributed by atoms with Crippen molar-refractivity contribution in [3.8, 4) is 0 Å². The first-order valence-corrected chi connectivity index (χ1v) is 7.20. The molecule has 1 aromatic heterocycles. The number of benzene rings is 2. The van der Waals surface area contributed by atoms with Crippen molar-refractivity contribution in [2.45, 2.75) is 13.5 Å². The van der Waals surface area contributed by atoms with Crippen molar-refractivity contribution in [3.05, 3.63) is 63.4 Å². The molecule has 106 valence electrons. The Balaban J connectivity index is 2.12. The molecule has 0 N–H and O–H groups in total. The molecule has 21 heavy (non-hydrogen) atoms. The summed E-state index contributed by atoms with van der Waals surface area (Å²) < 4.78 is 2.04. The number of hydrogen-bond donors (Lipinski definition) is 0. The Hall–Kier alpha value is -1.84. The van der Waals surface area contributed by atoms with Crippen LogP contribution >= 0.6 is 23.2 Å². The van der Waals surface area contributed by atoms with E-state index in [0.29, 0.717) is 22.2 Å². The van der Waals surface area contributed by atoms with Crippen LogP contribution in [0, 0.1) is 6.92 Å². The number of aromatic nitrogens is 2. The number of aryl methyl sites for hydroxylation is 1. The van der Waals surface area contributed by atoms with Crippen molar-refractivity contribution >= 4 is 40.5 Å². The Labute approximate surface area is 132 Å². The van der Waals surface area contributed by atoms with E-state index in [2.05, 4.69) is 4.98 Å². The van der Waals surface area contributed by atoms with Gasteiger partial charge in [-0.05, 0) is 36.8 Å². The quantitative estimate of drug-likeness (QED) is 0.666. The normalized spacial score (nSPS) is 11.0. The SMILES string of the molecule is Cc1nc2c(C=O)cccc2n1Cc1ccc(Cl)cc1Cl. The highest BCUT2D eigenvalue weighted by Gasteiger charge is 2.12. The molecule has 0 aliphatic carbocycles. The molecule has 0 radical (unpaired) electrons. The fraction of sp³-hybridized carbons (Fsp3) is 0.125. The summed E-state index contributed by atoms with van der Waals surface area (Å²) >= 11 is 12.2. The van der Waals surface area contributed by atoms with Crippen LogP contribution in [0.4, 0.5) is 0 Å². The number of rotatable bonds is 3. The van der Waals surface area contributed by atoms with Gasteiger partial charge in [-0.15, -0.1) is 0 Å². The summed E-state index contributed by atoms with van der Waals surface area (Å²) in [6, 6.07) is 11.0. The lowest BCUT2D eigenvalue weighted by Gasteiger charge is -2.09. The molecule has 0 atom stereocenters. The summed E-state index contributed by atoms with van der Waals surface area (Å²) in [5.41, 5.74) is 3.19. The molecule has 0 aliphatic rings. The lowest BCUT2D eigenvalue weighted by atomic mass is 10.2. The van der Waals surface area contributed by atoms with Crippen LogP contribution in [0.5, 0.6) is 0 Å². The van der Waals surface area contributed by atoms with Gasteiger partial charge < -0.3 is 4.57 Å². The lowest BCUT2D eigenvalue weighted by Crippen LogP contribution is -2.02. The number of para-hydroxylation sites is 1. The molecule has 0 spiro atoms. The zero-order chi connectivity index (χ0) is 15.0. The Morgan fingerprint density at radius 1 is 1.24 bits per heavy atom. The van der Waals surface area contributed by atoms with Crippen molar-refractivity contribution in [1.82, 2.24) is 9.55 Å². The maximum absolute atomic E-state index is 11.1. The van der Waals surface area contributed by atoms with Gasteiger partial charge >= 0.3 is 0 Å². The van der Waals surface area contributed by atoms with Gasteiger partial charge in [0.2, 0.25) is 0 Å². The van der Waals surface area contributed by atoms with Gasteiger partial charge in [-0.25, -0.2) is 4.98 Å². The van der Waals surface area contributed by atoms with E-state index >= 15 is 0 Å². The molecule has 0 saturated carbocycles. The second kappa shape index (κ2) is 5.51. The molecule has 0 fully saturated rings. The topological polar surface area (TPSA) is 34.9 Å². The van der Waals surface area contributed by atoms with Crippen LogP contribution in [0.3, 0.4) is 0 Å². The first kappa shape index (κ1) is 14.1. The van der Waals surface area contributed by atoms with Crippen LogP contribution in [-0.2, 0) is 6.54 Å². The van der Waals surface area contributed by atoms with E-state index in [0.717, 1.165) is 28.7 Å². The van der Waals surface area contributed by atoms with Crippen molar-refractivity contribution in [2.24, 2.45) is 0 Å². The van der Waals surface area contributed by atoms with Gasteiger partial charge in [0, 0.05) is 15.6 Å². The summed E-state index contributed by atoms with van der Waals surface area (Å²) in [6.07, 6.45) is 0.828. The number of fused-ring (bicyclic) bond motifs is 1. The van der Waals surface area contributed by atoms with E-state index in [1.165, 1.54) is 0 Å². The van der Waals surface area contributed by atoms with Crippen LogP contribution in [0.25, 0.3) is 11.0 Å². The van der Waals surface area contributed by atoms with Crippen molar-refractivity contribution in [2.75, 3.05) is 0 Å². The first-order valence-electron chi connectivity index (χ1n) is 6.45. The van der Waals surface area contributed by atoms with Crippen molar-refractivity contribution in [1.29, 1.82) is 0 Å². The minimum absolute atomic E-state index is 0.584. The van der Waals surface area contributed by atoms with E-state index in [1.54, 1.807) is 12.1 Å². The van der Waals surface area contributed by atoms with Gasteiger partial charge in [0.15, 0.2) is 6.29 Å². The van der Waals surface area contributed by atoms with E-state index in [9.17, 15) is 4.79 Å². The fourth-order valence-electron chi connectivity index (χ4n) is 2.40. The molecule has 0 saturated heterocycles. The molecule has 3 aromatic rings. The zero-order valence-electron chi connectivity index (χ0n) is 11.3. The molecule has 0 unspecified atom stereocenters. The number of aldehydes is 1. The van der Waals surface area contributed by atoms with Gasteiger partial charge in [-0.2, -0.15) is 0 Å². The van der Waals surface area contributed by atoms with Gasteiger partial charge in [-0.3, -0.25) is 4.79 Å². The number of carbonyl (C=O) groups is 1. The maximum Gasteiger partial charge on any atom is 0.152 e. The highest BCUT2D eigenvalue weighted by Crippen LogP contribution is 2.25. The maximum atomic E-state index is 11.1. The second-order valence-corrected chi connectivity index (χ2v) is 5.66. The number of nitrogens with zero attached hydrogens (tertiary/aromatic N) is 2. The third-order valence-corrected chi connectivity index (χ3v) is 4.06. The average molecular weight is 319 g/mol. The minimum Gasteiger partial charge on any atom is -0.324 e. The molecule has 0 amide bonds. The van der Waals surface area contributed by atoms with E-state index < -0.39 is 0 Å². The Morgan fingerprint density at radius 3 is 2.76 bits per heavy atom. The Kier molecular flexibility index (Phi) is 3.70. The largest absolute Gasteiger partial charge is 0.324 e. The van der Waals surface area contributed by atoms with E-state index in [1.807, 2.05) is 35.8 Å². The Bertz CT molecular complexity index is 840. The zero-order valence-corrected chi connectivity index (χ0v) is 12.8. The third-order valence-electron chi connectivity index (χ3n) is 3.47. The standard InChI is InChI=1S/C16H12Cl2N2O/c1-10-19-16-12(9-21)3-2-4-15(16)20(10)8-11-5-6-13(17)7-14(11)18/h2-7,9H,8H2,1H3. The van der Waals surface area contributed by atoms with E-state index in [-0.39, 0.29) is 0 Å². The molecule has 5 heteroatoms. The van der Waals surface area contributed by atoms with Crippen LogP contribution in [0.1, 0.15) is 21.7 Å².